The van der Waals surface area contributed by atoms with Crippen LogP contribution in [0.2, 0.25) is 0 Å². The zero-order valence-electron chi connectivity index (χ0n) is 15.8. The Morgan fingerprint density at radius 1 is 1.11 bits per heavy atom. The highest BCUT2D eigenvalue weighted by atomic mass is 32.2. The average molecular weight is 382 g/mol. The molecule has 2 aromatic carbocycles. The van der Waals surface area contributed by atoms with Crippen LogP contribution >= 0.6 is 11.8 Å². The molecule has 7 heteroatoms. The Morgan fingerprint density at radius 3 is 2.67 bits per heavy atom. The lowest BCUT2D eigenvalue weighted by molar-refractivity contribution is 0.411. The van der Waals surface area contributed by atoms with Crippen molar-refractivity contribution in [3.05, 3.63) is 69.5 Å². The van der Waals surface area contributed by atoms with E-state index in [0.717, 1.165) is 28.1 Å². The lowest BCUT2D eigenvalue weighted by Gasteiger charge is -2.12. The van der Waals surface area contributed by atoms with E-state index in [1.54, 1.807) is 14.2 Å². The highest BCUT2D eigenvalue weighted by Gasteiger charge is 2.12. The van der Waals surface area contributed by atoms with Gasteiger partial charge in [0.25, 0.3) is 5.56 Å². The van der Waals surface area contributed by atoms with E-state index in [2.05, 4.69) is 15.5 Å². The Hall–Kier alpha value is -2.80. The van der Waals surface area contributed by atoms with Crippen LogP contribution < -0.4 is 15.6 Å². The van der Waals surface area contributed by atoms with Crippen molar-refractivity contribution in [2.75, 3.05) is 12.4 Å². The first kappa shape index (κ1) is 19.0. The zero-order valence-corrected chi connectivity index (χ0v) is 16.6. The van der Waals surface area contributed by atoms with Crippen molar-refractivity contribution in [1.29, 1.82) is 0 Å². The van der Waals surface area contributed by atoms with Gasteiger partial charge >= 0.3 is 0 Å². The van der Waals surface area contributed by atoms with Gasteiger partial charge in [-0.15, -0.1) is 10.2 Å². The van der Waals surface area contributed by atoms with Gasteiger partial charge in [-0.2, -0.15) is 0 Å². The second kappa shape index (κ2) is 8.26. The second-order valence-corrected chi connectivity index (χ2v) is 7.11. The number of rotatable bonds is 6. The van der Waals surface area contributed by atoms with Gasteiger partial charge in [-0.3, -0.25) is 9.36 Å². The molecule has 0 spiro atoms. The van der Waals surface area contributed by atoms with Crippen LogP contribution in [0.4, 0.5) is 11.5 Å². The monoisotopic (exact) mass is 382 g/mol. The molecule has 1 aromatic heterocycles. The minimum atomic E-state index is -0.214. The largest absolute Gasteiger partial charge is 0.496 e. The summed E-state index contributed by atoms with van der Waals surface area (Å²) in [6.07, 6.45) is 0. The van der Waals surface area contributed by atoms with Gasteiger partial charge in [0.1, 0.15) is 5.75 Å². The Kier molecular flexibility index (Phi) is 5.81. The summed E-state index contributed by atoms with van der Waals surface area (Å²) in [7, 11) is 3.35. The molecule has 0 atom stereocenters. The number of anilines is 2. The fourth-order valence-corrected chi connectivity index (χ4v) is 3.53. The molecule has 3 aromatic rings. The molecule has 0 aliphatic heterocycles. The zero-order chi connectivity index (χ0) is 19.4. The number of ether oxygens (including phenoxy) is 1. The Labute approximate surface area is 162 Å². The molecular weight excluding hydrogens is 360 g/mol. The molecule has 0 radical (unpaired) electrons. The van der Waals surface area contributed by atoms with Crippen LogP contribution in [-0.4, -0.2) is 21.9 Å². The molecule has 27 heavy (non-hydrogen) atoms. The van der Waals surface area contributed by atoms with E-state index in [0.29, 0.717) is 10.9 Å². The summed E-state index contributed by atoms with van der Waals surface area (Å²) in [5, 5.41) is 12.0. The molecule has 0 saturated carbocycles. The van der Waals surface area contributed by atoms with E-state index in [4.69, 9.17) is 4.74 Å². The number of aryl methyl sites for hydroxylation is 1. The maximum absolute atomic E-state index is 12.7. The smallest absolute Gasteiger partial charge is 0.297 e. The normalized spacial score (nSPS) is 10.7. The van der Waals surface area contributed by atoms with Crippen molar-refractivity contribution < 1.29 is 4.74 Å². The van der Waals surface area contributed by atoms with Gasteiger partial charge in [-0.05, 0) is 37.1 Å². The lowest BCUT2D eigenvalue weighted by Crippen LogP contribution is -2.24. The first-order valence-corrected chi connectivity index (χ1v) is 9.51. The third kappa shape index (κ3) is 4.14. The van der Waals surface area contributed by atoms with E-state index in [-0.39, 0.29) is 11.4 Å². The van der Waals surface area contributed by atoms with Crippen molar-refractivity contribution in [3.8, 4) is 5.75 Å². The topological polar surface area (TPSA) is 69.0 Å². The van der Waals surface area contributed by atoms with E-state index in [9.17, 15) is 4.79 Å². The van der Waals surface area contributed by atoms with E-state index in [1.165, 1.54) is 16.3 Å². The number of hydrogen-bond acceptors (Lipinski definition) is 6. The minimum absolute atomic E-state index is 0.214. The maximum Gasteiger partial charge on any atom is 0.297 e. The molecule has 0 aliphatic carbocycles. The first-order chi connectivity index (χ1) is 13.0. The third-order valence-electron chi connectivity index (χ3n) is 4.44. The molecule has 140 valence electrons. The van der Waals surface area contributed by atoms with Gasteiger partial charge < -0.3 is 10.1 Å². The van der Waals surface area contributed by atoms with Gasteiger partial charge in [-0.25, -0.2) is 0 Å². The molecule has 0 amide bonds. The highest BCUT2D eigenvalue weighted by Crippen LogP contribution is 2.26. The quantitative estimate of drug-likeness (QED) is 0.654. The number of hydrogen-bond donors (Lipinski definition) is 1. The summed E-state index contributed by atoms with van der Waals surface area (Å²) < 4.78 is 6.88. The molecule has 6 nitrogen and oxygen atoms in total. The Bertz CT molecular complexity index is 1020. The van der Waals surface area contributed by atoms with Crippen LogP contribution in [0.1, 0.15) is 16.7 Å². The van der Waals surface area contributed by atoms with E-state index in [1.807, 2.05) is 56.3 Å². The predicted molar refractivity (Wildman–Crippen MR) is 109 cm³/mol. The highest BCUT2D eigenvalue weighted by molar-refractivity contribution is 7.98. The average Bonchev–Trinajstić information content (AvgIpc) is 2.68. The number of para-hydroxylation sites is 1. The molecule has 0 bridgehead atoms. The number of aromatic nitrogens is 3. The fraction of sp³-hybridized carbons (Fsp3) is 0.250. The number of nitrogens with one attached hydrogen (secondary N) is 1. The summed E-state index contributed by atoms with van der Waals surface area (Å²) in [5.41, 5.74) is 3.91. The number of thioether (sulfide) groups is 1. The molecular formula is C20H22N4O2S. The Balaban J connectivity index is 1.81. The first-order valence-electron chi connectivity index (χ1n) is 8.53. The second-order valence-electron chi connectivity index (χ2n) is 6.17. The van der Waals surface area contributed by atoms with Gasteiger partial charge in [0.05, 0.1) is 7.11 Å². The molecule has 0 aliphatic rings. The van der Waals surface area contributed by atoms with Gasteiger partial charge in [0.15, 0.2) is 5.16 Å². The van der Waals surface area contributed by atoms with E-state index >= 15 is 0 Å². The van der Waals surface area contributed by atoms with Crippen molar-refractivity contribution in [3.63, 3.8) is 0 Å². The number of nitrogens with zero attached hydrogens (tertiary/aromatic N) is 3. The SMILES string of the molecule is COc1ccccc1CSc1nnc(Nc2cccc(C)c2C)c(=O)n1C. The van der Waals surface area contributed by atoms with Crippen molar-refractivity contribution >= 4 is 23.3 Å². The molecule has 1 N–H and O–H groups in total. The molecule has 0 saturated heterocycles. The summed E-state index contributed by atoms with van der Waals surface area (Å²) in [6, 6.07) is 13.7. The van der Waals surface area contributed by atoms with Crippen LogP contribution in [0.25, 0.3) is 0 Å². The van der Waals surface area contributed by atoms with Crippen LogP contribution in [0.15, 0.2) is 52.4 Å². The van der Waals surface area contributed by atoms with Crippen LogP contribution in [0.5, 0.6) is 5.75 Å². The molecule has 0 unspecified atom stereocenters. The van der Waals surface area contributed by atoms with Crippen molar-refractivity contribution in [1.82, 2.24) is 14.8 Å². The van der Waals surface area contributed by atoms with Gasteiger partial charge in [0, 0.05) is 24.1 Å². The van der Waals surface area contributed by atoms with Crippen molar-refractivity contribution in [2.45, 2.75) is 24.8 Å². The van der Waals surface area contributed by atoms with Crippen LogP contribution in [-0.2, 0) is 12.8 Å². The predicted octanol–water partition coefficient (Wildman–Crippen LogP) is 3.84. The standard InChI is InChI=1S/C20H22N4O2S/c1-13-8-7-10-16(14(13)2)21-18-19(25)24(3)20(23-22-18)27-12-15-9-5-6-11-17(15)26-4/h5-11H,12H2,1-4H3,(H,21,22). The van der Waals surface area contributed by atoms with Crippen LogP contribution in [0.3, 0.4) is 0 Å². The summed E-state index contributed by atoms with van der Waals surface area (Å²) in [6.45, 7) is 4.04. The lowest BCUT2D eigenvalue weighted by atomic mass is 10.1. The third-order valence-corrected chi connectivity index (χ3v) is 5.51. The summed E-state index contributed by atoms with van der Waals surface area (Å²) in [5.74, 6) is 1.67. The van der Waals surface area contributed by atoms with Gasteiger partial charge in [-0.1, -0.05) is 42.1 Å². The fourth-order valence-electron chi connectivity index (χ4n) is 2.63. The van der Waals surface area contributed by atoms with E-state index < -0.39 is 0 Å². The maximum atomic E-state index is 12.7. The molecule has 3 rings (SSSR count). The molecule has 0 fully saturated rings. The van der Waals surface area contributed by atoms with Crippen molar-refractivity contribution in [2.24, 2.45) is 7.05 Å². The van der Waals surface area contributed by atoms with Gasteiger partial charge in [0.2, 0.25) is 5.82 Å². The Morgan fingerprint density at radius 2 is 1.89 bits per heavy atom. The summed E-state index contributed by atoms with van der Waals surface area (Å²) >= 11 is 1.45. The number of benzene rings is 2. The summed E-state index contributed by atoms with van der Waals surface area (Å²) in [4.78, 5) is 12.7. The minimum Gasteiger partial charge on any atom is -0.496 e. The molecule has 1 heterocycles. The number of methoxy groups -OCH3 is 1. The van der Waals surface area contributed by atoms with Crippen LogP contribution in [0, 0.1) is 13.8 Å².